The fraction of sp³-hybridized carbons (Fsp3) is 0.438. The molecule has 0 radical (unpaired) electrons. The van der Waals surface area contributed by atoms with Crippen LogP contribution < -0.4 is 0 Å². The predicted octanol–water partition coefficient (Wildman–Crippen LogP) is 31.5. The molecule has 0 aliphatic carbocycles. The minimum atomic E-state index is 0.111. The van der Waals surface area contributed by atoms with Crippen molar-refractivity contribution < 1.29 is 0 Å². The molecule has 0 aliphatic rings. The molecule has 7 aromatic rings. The van der Waals surface area contributed by atoms with Gasteiger partial charge in [-0.2, -0.15) is 0 Å². The molecule has 3 aromatic heterocycles. The molecule has 0 aliphatic heterocycles. The van der Waals surface area contributed by atoms with E-state index in [0.717, 1.165) is 0 Å². The van der Waals surface area contributed by atoms with Crippen LogP contribution in [0.3, 0.4) is 0 Å². The second kappa shape index (κ2) is 33.2. The van der Waals surface area contributed by atoms with E-state index in [-0.39, 0.29) is 32.5 Å². The molecule has 0 unspecified atom stereocenters. The van der Waals surface area contributed by atoms with E-state index in [2.05, 4.69) is 383 Å². The van der Waals surface area contributed by atoms with Gasteiger partial charge in [0, 0.05) is 29.3 Å². The van der Waals surface area contributed by atoms with Crippen LogP contribution in [-0.4, -0.2) is 0 Å². The standard InChI is InChI=1S/C36H48.C32H44S.C28H38S2/c1-21-23(3)27(7)33-30(18-20-36(12,13)14)34-28(8)24(4)22(2)26(6)32(34)29(31(33)25(21)5)17-15-16-19-35(9,10)11;1-21-23(3)28(18-20-32(10,11)12)24(4)22(2)27(21)16-17-30-26(6)25(5)29(33-30)15-13-14-19-31(7,8)9;1-19-20(2)24(29-23(19)13-11-12-17-27(5,6)7)14-15-25-21(3)22(4)26(30-25)16-18-28(8,9)10/h15-20H,1-14H3;13-20H,1-12H3;11-18H,1-10H3/b17-15+,19-16+,20-18+;15-13+,17-16+,19-14+,20-18+;13-11+,15-14+,17-12+,18-16+. The zero-order valence-electron chi connectivity index (χ0n) is 68.9. The van der Waals surface area contributed by atoms with Gasteiger partial charge >= 0.3 is 0 Å². The molecule has 0 saturated carbocycles. The monoisotopic (exact) mass is 1380 g/mol. The first-order chi connectivity index (χ1) is 45.4. The molecule has 99 heavy (non-hydrogen) atoms. The largest absolute Gasteiger partial charge is 0.136 e. The van der Waals surface area contributed by atoms with E-state index in [9.17, 15) is 0 Å². The summed E-state index contributed by atoms with van der Waals surface area (Å²) in [6.45, 7) is 81.3. The Labute approximate surface area is 618 Å². The van der Waals surface area contributed by atoms with Crippen LogP contribution in [0.5, 0.6) is 0 Å². The molecule has 0 amide bonds. The maximum atomic E-state index is 2.42. The van der Waals surface area contributed by atoms with Crippen LogP contribution in [0.15, 0.2) is 72.9 Å². The van der Waals surface area contributed by atoms with Crippen LogP contribution in [0.1, 0.15) is 276 Å². The fourth-order valence-electron chi connectivity index (χ4n) is 12.1. The zero-order valence-corrected chi connectivity index (χ0v) is 71.4. The van der Waals surface area contributed by atoms with Gasteiger partial charge in [-0.15, -0.1) is 34.0 Å². The Morgan fingerprint density at radius 3 is 0.636 bits per heavy atom. The van der Waals surface area contributed by atoms with Crippen LogP contribution in [0, 0.1) is 157 Å². The van der Waals surface area contributed by atoms with Crippen molar-refractivity contribution in [3.63, 3.8) is 0 Å². The maximum Gasteiger partial charge on any atom is 0.0309 e. The average Bonchev–Trinajstić information content (AvgIpc) is 1.40. The minimum Gasteiger partial charge on any atom is -0.136 e. The molecular formula is C96H130S3. The molecule has 532 valence electrons. The van der Waals surface area contributed by atoms with Gasteiger partial charge in [-0.25, -0.2) is 0 Å². The van der Waals surface area contributed by atoms with Crippen LogP contribution in [0.25, 0.3) is 82.3 Å². The van der Waals surface area contributed by atoms with Crippen molar-refractivity contribution in [1.82, 2.24) is 0 Å². The molecule has 0 fully saturated rings. The summed E-state index contributed by atoms with van der Waals surface area (Å²) in [7, 11) is 0. The second-order valence-corrected chi connectivity index (χ2v) is 38.2. The quantitative estimate of drug-likeness (QED) is 0.0797. The lowest BCUT2D eigenvalue weighted by molar-refractivity contribution is 0.544. The predicted molar refractivity (Wildman–Crippen MR) is 462 cm³/mol. The second-order valence-electron chi connectivity index (χ2n) is 34.9. The van der Waals surface area contributed by atoms with E-state index in [0.29, 0.717) is 0 Å². The lowest BCUT2D eigenvalue weighted by atomic mass is 9.79. The van der Waals surface area contributed by atoms with E-state index >= 15 is 0 Å². The summed E-state index contributed by atoms with van der Waals surface area (Å²) in [5, 5.41) is 5.63. The van der Waals surface area contributed by atoms with Crippen molar-refractivity contribution in [1.29, 1.82) is 0 Å². The van der Waals surface area contributed by atoms with Crippen molar-refractivity contribution >= 4 is 116 Å². The Morgan fingerprint density at radius 1 is 0.162 bits per heavy atom. The molecule has 0 saturated heterocycles. The fourth-order valence-corrected chi connectivity index (χ4v) is 15.5. The van der Waals surface area contributed by atoms with Crippen molar-refractivity contribution in [3.8, 4) is 0 Å². The van der Waals surface area contributed by atoms with Crippen molar-refractivity contribution in [2.75, 3.05) is 0 Å². The topological polar surface area (TPSA) is 0 Å². The van der Waals surface area contributed by atoms with Gasteiger partial charge in [0.2, 0.25) is 0 Å². The third kappa shape index (κ3) is 22.3. The van der Waals surface area contributed by atoms with E-state index in [1.807, 2.05) is 34.0 Å². The number of thiophene rings is 3. The van der Waals surface area contributed by atoms with Gasteiger partial charge in [0.25, 0.3) is 0 Å². The summed E-state index contributed by atoms with van der Waals surface area (Å²) in [5.74, 6) is 0. The van der Waals surface area contributed by atoms with Crippen LogP contribution in [0.4, 0.5) is 0 Å². The Kier molecular flexibility index (Phi) is 27.9. The lowest BCUT2D eigenvalue weighted by Gasteiger charge is -2.25. The highest BCUT2D eigenvalue weighted by atomic mass is 32.1. The van der Waals surface area contributed by atoms with Crippen molar-refractivity contribution in [3.05, 3.63) is 225 Å². The van der Waals surface area contributed by atoms with Crippen molar-refractivity contribution in [2.45, 2.75) is 249 Å². The Hall–Kier alpha value is -6.36. The Balaban J connectivity index is 0.000000269. The number of benzene rings is 4. The van der Waals surface area contributed by atoms with Crippen LogP contribution in [0.2, 0.25) is 0 Å². The first kappa shape index (κ1) is 83.3. The molecule has 0 nitrogen and oxygen atoms in total. The minimum absolute atomic E-state index is 0.111. The number of hydrogen-bond donors (Lipinski definition) is 0. The summed E-state index contributed by atoms with van der Waals surface area (Å²) < 4.78 is 0. The molecule has 0 bridgehead atoms. The first-order valence-electron chi connectivity index (χ1n) is 36.3. The van der Waals surface area contributed by atoms with Gasteiger partial charge in [0.05, 0.1) is 0 Å². The summed E-state index contributed by atoms with van der Waals surface area (Å²) in [6, 6.07) is 0. The van der Waals surface area contributed by atoms with Gasteiger partial charge in [0.15, 0.2) is 0 Å². The molecule has 0 N–H and O–H groups in total. The highest BCUT2D eigenvalue weighted by molar-refractivity contribution is 7.15. The Morgan fingerprint density at radius 2 is 0.364 bits per heavy atom. The average molecular weight is 1380 g/mol. The summed E-state index contributed by atoms with van der Waals surface area (Å²) in [6.07, 6.45) is 50.0. The van der Waals surface area contributed by atoms with Crippen LogP contribution in [-0.2, 0) is 0 Å². The number of hydrogen-bond acceptors (Lipinski definition) is 3. The lowest BCUT2D eigenvalue weighted by Crippen LogP contribution is -2.04. The van der Waals surface area contributed by atoms with Gasteiger partial charge in [0.1, 0.15) is 0 Å². The van der Waals surface area contributed by atoms with E-state index < -0.39 is 0 Å². The highest BCUT2D eigenvalue weighted by Crippen LogP contribution is 2.46. The molecule has 0 spiro atoms. The van der Waals surface area contributed by atoms with Gasteiger partial charge in [-0.3, -0.25) is 0 Å². The van der Waals surface area contributed by atoms with E-state index in [1.165, 1.54) is 173 Å². The number of fused-ring (bicyclic) bond motifs is 2. The summed E-state index contributed by atoms with van der Waals surface area (Å²) >= 11 is 5.65. The maximum absolute atomic E-state index is 2.42. The molecule has 4 aromatic carbocycles. The SMILES string of the molecule is Cc1c(/C=C/C=C/C(C)(C)C)sc(/C=C/c2c(C)c(C)c(/C=C/C(C)(C)C)c(C)c2C)c1C.Cc1c(/C=C/C=C/C(C)(C)C)sc(/C=C/c2sc(/C=C/C(C)(C)C)c(C)c2C)c1C.Cc1c(C)c(C)c2c(/C=C/C(C)(C)C)c3c(C)c(C)c(C)c(C)c3c(/C=C/C=C/C(C)(C)C)c2c1C. The van der Waals surface area contributed by atoms with Gasteiger partial charge < -0.3 is 0 Å². The summed E-state index contributed by atoms with van der Waals surface area (Å²) in [5.41, 5.74) is 31.6. The third-order valence-electron chi connectivity index (χ3n) is 19.7. The first-order valence-corrected chi connectivity index (χ1v) is 38.7. The van der Waals surface area contributed by atoms with E-state index in [4.69, 9.17) is 0 Å². The molecule has 3 heterocycles. The highest BCUT2D eigenvalue weighted by Gasteiger charge is 2.24. The van der Waals surface area contributed by atoms with Crippen molar-refractivity contribution in [2.24, 2.45) is 32.5 Å². The zero-order chi connectivity index (χ0) is 75.2. The van der Waals surface area contributed by atoms with Gasteiger partial charge in [-0.1, -0.05) is 222 Å². The number of aryl methyl sites for hydroxylation is 4. The van der Waals surface area contributed by atoms with E-state index in [1.54, 1.807) is 0 Å². The Bertz CT molecular complexity index is 4330. The summed E-state index contributed by atoms with van der Waals surface area (Å²) in [4.78, 5) is 8.11. The molecule has 3 heteroatoms. The smallest absolute Gasteiger partial charge is 0.0309 e. The molecule has 7 rings (SSSR count). The normalized spacial score (nSPS) is 13.6. The van der Waals surface area contributed by atoms with Gasteiger partial charge in [-0.05, 0) is 338 Å². The molecular weight excluding hydrogens is 1250 g/mol. The molecule has 0 atom stereocenters. The number of allylic oxidation sites excluding steroid dienone is 12. The third-order valence-corrected chi connectivity index (χ3v) is 23.6. The van der Waals surface area contributed by atoms with Crippen LogP contribution >= 0.6 is 34.0 Å². The number of rotatable bonds is 13.